The third kappa shape index (κ3) is 4.42. The fraction of sp³-hybridized carbons (Fsp3) is 0.235. The second-order valence-electron chi connectivity index (χ2n) is 10.6. The van der Waals surface area contributed by atoms with Crippen LogP contribution in [0.5, 0.6) is 5.75 Å². The van der Waals surface area contributed by atoms with Crippen molar-refractivity contribution >= 4 is 35.1 Å². The highest BCUT2D eigenvalue weighted by Crippen LogP contribution is 2.45. The average molecular weight is 549 g/mol. The molecular weight excluding hydrogens is 521 g/mol. The Kier molecular flexibility index (Phi) is 6.37. The zero-order valence-corrected chi connectivity index (χ0v) is 23.2. The third-order valence-electron chi connectivity index (χ3n) is 8.19. The lowest BCUT2D eigenvalue weighted by Crippen LogP contribution is -2.22. The first-order chi connectivity index (χ1) is 19.1. The molecular formula is C34H28O3S2. The monoisotopic (exact) mass is 548 g/mol. The summed E-state index contributed by atoms with van der Waals surface area (Å²) < 4.78 is 0. The summed E-state index contributed by atoms with van der Waals surface area (Å²) in [5.74, 6) is -0.635. The molecule has 4 aromatic rings. The third-order valence-corrected chi connectivity index (χ3v) is 10.3. The molecule has 1 N–H and O–H groups in total. The van der Waals surface area contributed by atoms with E-state index in [4.69, 9.17) is 0 Å². The fourth-order valence-electron chi connectivity index (χ4n) is 6.21. The van der Waals surface area contributed by atoms with Crippen LogP contribution in [0, 0.1) is 0 Å². The highest BCUT2D eigenvalue weighted by atomic mass is 32.2. The van der Waals surface area contributed by atoms with Crippen molar-refractivity contribution in [1.82, 2.24) is 0 Å². The molecule has 0 aromatic heterocycles. The molecule has 0 saturated carbocycles. The highest BCUT2D eigenvalue weighted by molar-refractivity contribution is 8.00. The summed E-state index contributed by atoms with van der Waals surface area (Å²) in [5.41, 5.74) is 6.83. The lowest BCUT2D eigenvalue weighted by atomic mass is 9.83. The Labute approximate surface area is 237 Å². The van der Waals surface area contributed by atoms with E-state index in [-0.39, 0.29) is 28.4 Å². The maximum Gasteiger partial charge on any atom is 0.199 e. The highest BCUT2D eigenvalue weighted by Gasteiger charge is 2.36. The Balaban J connectivity index is 1.33. The van der Waals surface area contributed by atoms with Crippen LogP contribution in [0.1, 0.15) is 79.8 Å². The van der Waals surface area contributed by atoms with Crippen molar-refractivity contribution in [3.8, 4) is 5.75 Å². The topological polar surface area (TPSA) is 54.4 Å². The lowest BCUT2D eigenvalue weighted by Gasteiger charge is -2.24. The van der Waals surface area contributed by atoms with E-state index in [1.807, 2.05) is 12.1 Å². The van der Waals surface area contributed by atoms with E-state index in [0.29, 0.717) is 11.1 Å². The average Bonchev–Trinajstić information content (AvgIpc) is 2.96. The SMILES string of the molecule is O=C1c2cccc(O)c2C(=O)c2c(Sc3ccc4c(c3)CCCC4)ccc(Sc3ccc4c(c3)CCCC4)c21. The van der Waals surface area contributed by atoms with E-state index in [9.17, 15) is 14.7 Å². The van der Waals surface area contributed by atoms with Gasteiger partial charge in [0.2, 0.25) is 0 Å². The maximum atomic E-state index is 14.0. The molecule has 0 radical (unpaired) electrons. The van der Waals surface area contributed by atoms with Crippen LogP contribution in [0.4, 0.5) is 0 Å². The van der Waals surface area contributed by atoms with E-state index in [1.165, 1.54) is 65.8 Å². The second kappa shape index (κ2) is 10.0. The van der Waals surface area contributed by atoms with Gasteiger partial charge < -0.3 is 5.11 Å². The number of fused-ring (bicyclic) bond motifs is 4. The molecule has 0 spiro atoms. The number of rotatable bonds is 4. The summed E-state index contributed by atoms with van der Waals surface area (Å²) >= 11 is 3.08. The number of carbonyl (C=O) groups is 2. The molecule has 0 bridgehead atoms. The molecule has 39 heavy (non-hydrogen) atoms. The zero-order chi connectivity index (χ0) is 26.5. The number of carbonyl (C=O) groups excluding carboxylic acids is 2. The predicted molar refractivity (Wildman–Crippen MR) is 156 cm³/mol. The first-order valence-corrected chi connectivity index (χ1v) is 15.4. The van der Waals surface area contributed by atoms with E-state index in [0.717, 1.165) is 45.3 Å². The van der Waals surface area contributed by atoms with E-state index in [2.05, 4.69) is 36.4 Å². The number of phenolic OH excluding ortho intramolecular Hbond substituents is 1. The van der Waals surface area contributed by atoms with Crippen molar-refractivity contribution in [1.29, 1.82) is 0 Å². The van der Waals surface area contributed by atoms with E-state index < -0.39 is 0 Å². The molecule has 4 aromatic carbocycles. The summed E-state index contributed by atoms with van der Waals surface area (Å²) in [6.45, 7) is 0. The summed E-state index contributed by atoms with van der Waals surface area (Å²) in [5, 5.41) is 10.6. The largest absolute Gasteiger partial charge is 0.507 e. The van der Waals surface area contributed by atoms with Crippen molar-refractivity contribution in [3.63, 3.8) is 0 Å². The van der Waals surface area contributed by atoms with Gasteiger partial charge in [-0.15, -0.1) is 0 Å². The minimum atomic E-state index is -0.286. The minimum absolute atomic E-state index is 0.109. The predicted octanol–water partition coefficient (Wildman–Crippen LogP) is 8.23. The van der Waals surface area contributed by atoms with Crippen molar-refractivity contribution in [2.45, 2.75) is 70.9 Å². The number of hydrogen-bond donors (Lipinski definition) is 1. The summed E-state index contributed by atoms with van der Waals surface area (Å²) in [6, 6.07) is 21.9. The molecule has 3 nitrogen and oxygen atoms in total. The standard InChI is InChI=1S/C34H28O3S2/c35-27-11-5-10-26-30(27)34(37)32-29(39-25-15-13-21-7-2-4-9-23(21)19-25)17-16-28(31(32)33(26)36)38-24-14-12-20-6-1-3-8-22(20)18-24/h5,10-19,35H,1-4,6-9H2. The Bertz CT molecular complexity index is 1670. The van der Waals surface area contributed by atoms with E-state index >= 15 is 0 Å². The van der Waals surface area contributed by atoms with Crippen molar-refractivity contribution in [2.75, 3.05) is 0 Å². The van der Waals surface area contributed by atoms with Gasteiger partial charge in [-0.3, -0.25) is 9.59 Å². The van der Waals surface area contributed by atoms with Crippen LogP contribution in [0.15, 0.2) is 86.3 Å². The molecule has 3 aliphatic rings. The summed E-state index contributed by atoms with van der Waals surface area (Å²) in [4.78, 5) is 31.6. The van der Waals surface area contributed by atoms with Gasteiger partial charge in [0, 0.05) is 36.3 Å². The number of phenols is 1. The smallest absolute Gasteiger partial charge is 0.199 e. The molecule has 0 aliphatic heterocycles. The first-order valence-electron chi connectivity index (χ1n) is 13.7. The quantitative estimate of drug-likeness (QED) is 0.245. The first kappa shape index (κ1) is 24.7. The van der Waals surface area contributed by atoms with Crippen molar-refractivity contribution in [3.05, 3.63) is 111 Å². The van der Waals surface area contributed by atoms with Crippen LogP contribution in [0.25, 0.3) is 0 Å². The molecule has 0 heterocycles. The Hall–Kier alpha value is -3.28. The molecule has 0 saturated heterocycles. The normalized spacial score (nSPS) is 15.8. The van der Waals surface area contributed by atoms with Gasteiger partial charge >= 0.3 is 0 Å². The lowest BCUT2D eigenvalue weighted by molar-refractivity contribution is 0.0972. The molecule has 0 unspecified atom stereocenters. The van der Waals surface area contributed by atoms with Gasteiger partial charge in [-0.1, -0.05) is 47.8 Å². The zero-order valence-electron chi connectivity index (χ0n) is 21.6. The second-order valence-corrected chi connectivity index (χ2v) is 12.9. The van der Waals surface area contributed by atoms with Gasteiger partial charge in [0.15, 0.2) is 11.6 Å². The summed E-state index contributed by atoms with van der Waals surface area (Å²) in [7, 11) is 0. The number of aryl methyl sites for hydroxylation is 4. The van der Waals surface area contributed by atoms with Crippen molar-refractivity contribution in [2.24, 2.45) is 0 Å². The molecule has 0 atom stereocenters. The van der Waals surface area contributed by atoms with Crippen LogP contribution >= 0.6 is 23.5 Å². The Morgan fingerprint density at radius 1 is 0.538 bits per heavy atom. The van der Waals surface area contributed by atoms with Crippen LogP contribution in [0.3, 0.4) is 0 Å². The maximum absolute atomic E-state index is 14.0. The Morgan fingerprint density at radius 3 is 1.62 bits per heavy atom. The van der Waals surface area contributed by atoms with Gasteiger partial charge in [0.1, 0.15) is 5.75 Å². The van der Waals surface area contributed by atoms with Gasteiger partial charge in [0.05, 0.1) is 5.56 Å². The Morgan fingerprint density at radius 2 is 1.05 bits per heavy atom. The van der Waals surface area contributed by atoms with Crippen molar-refractivity contribution < 1.29 is 14.7 Å². The molecule has 7 rings (SSSR count). The van der Waals surface area contributed by atoms with Crippen LogP contribution in [-0.2, 0) is 25.7 Å². The number of ketones is 2. The molecule has 0 amide bonds. The molecule has 194 valence electrons. The molecule has 0 fully saturated rings. The van der Waals surface area contributed by atoms with Crippen LogP contribution in [0.2, 0.25) is 0 Å². The van der Waals surface area contributed by atoms with Crippen LogP contribution in [-0.4, -0.2) is 16.7 Å². The molecule has 3 aliphatic carbocycles. The van der Waals surface area contributed by atoms with E-state index in [1.54, 1.807) is 23.9 Å². The molecule has 5 heteroatoms. The van der Waals surface area contributed by atoms with Gasteiger partial charge in [-0.2, -0.15) is 0 Å². The fourth-order valence-corrected chi connectivity index (χ4v) is 8.26. The van der Waals surface area contributed by atoms with Gasteiger partial charge in [-0.25, -0.2) is 0 Å². The van der Waals surface area contributed by atoms with Gasteiger partial charge in [0.25, 0.3) is 0 Å². The number of aromatic hydroxyl groups is 1. The minimum Gasteiger partial charge on any atom is -0.507 e. The number of hydrogen-bond acceptors (Lipinski definition) is 5. The number of benzene rings is 4. The summed E-state index contributed by atoms with van der Waals surface area (Å²) in [6.07, 6.45) is 9.28. The van der Waals surface area contributed by atoms with Crippen LogP contribution < -0.4 is 0 Å². The van der Waals surface area contributed by atoms with Gasteiger partial charge in [-0.05, 0) is 116 Å².